The van der Waals surface area contributed by atoms with Gasteiger partial charge in [-0.25, -0.2) is 5.48 Å². The maximum absolute atomic E-state index is 12.9. The summed E-state index contributed by atoms with van der Waals surface area (Å²) < 4.78 is 0. The predicted octanol–water partition coefficient (Wildman–Crippen LogP) is 3.13. The van der Waals surface area contributed by atoms with Crippen LogP contribution in [0.2, 0.25) is 0 Å². The van der Waals surface area contributed by atoms with Gasteiger partial charge in [-0.15, -0.1) is 0 Å². The first-order valence-electron chi connectivity index (χ1n) is 10.1. The molecule has 0 saturated carbocycles. The molecule has 1 rings (SSSR count). The number of benzene rings is 1. The molecule has 0 aliphatic heterocycles. The van der Waals surface area contributed by atoms with Crippen molar-refractivity contribution in [2.75, 3.05) is 20.6 Å². The van der Waals surface area contributed by atoms with Crippen molar-refractivity contribution < 1.29 is 14.4 Å². The smallest absolute Gasteiger partial charge is 0.245 e. The first-order valence-corrected chi connectivity index (χ1v) is 10.1. The molecule has 0 bridgehead atoms. The quantitative estimate of drug-likeness (QED) is 0.449. The number of rotatable bonds is 11. The van der Waals surface area contributed by atoms with Gasteiger partial charge in [0.05, 0.1) is 12.5 Å². The number of hydroxylamine groups is 1. The zero-order valence-corrected chi connectivity index (χ0v) is 18.2. The molecule has 1 unspecified atom stereocenters. The maximum Gasteiger partial charge on any atom is 0.245 e. The van der Waals surface area contributed by atoms with E-state index in [4.69, 9.17) is 4.84 Å². The highest BCUT2D eigenvalue weighted by atomic mass is 16.6. The number of nitrogens with zero attached hydrogens (tertiary/aromatic N) is 1. The summed E-state index contributed by atoms with van der Waals surface area (Å²) in [7, 11) is 3.42. The van der Waals surface area contributed by atoms with Crippen LogP contribution in [0.1, 0.15) is 52.5 Å². The molecule has 158 valence electrons. The van der Waals surface area contributed by atoms with E-state index in [1.807, 2.05) is 51.1 Å². The molecular formula is C22H37N3O3. The van der Waals surface area contributed by atoms with Crippen LogP contribution in [-0.4, -0.2) is 43.4 Å². The van der Waals surface area contributed by atoms with Crippen LogP contribution in [0.25, 0.3) is 0 Å². The van der Waals surface area contributed by atoms with Gasteiger partial charge in [-0.3, -0.25) is 14.4 Å². The minimum atomic E-state index is -0.565. The van der Waals surface area contributed by atoms with Crippen molar-refractivity contribution in [3.63, 3.8) is 0 Å². The molecule has 0 aliphatic carbocycles. The third-order valence-electron chi connectivity index (χ3n) is 4.63. The van der Waals surface area contributed by atoms with Crippen LogP contribution in [-0.2, 0) is 21.0 Å². The highest BCUT2D eigenvalue weighted by Gasteiger charge is 2.35. The molecule has 0 heterocycles. The number of nitrogens with one attached hydrogen (secondary N) is 2. The lowest BCUT2D eigenvalue weighted by Crippen LogP contribution is -2.55. The van der Waals surface area contributed by atoms with Crippen molar-refractivity contribution in [2.45, 2.75) is 59.6 Å². The number of carbonyl (C=O) groups is 2. The van der Waals surface area contributed by atoms with Gasteiger partial charge in [0, 0.05) is 20.6 Å². The average Bonchev–Trinajstić information content (AvgIpc) is 2.64. The van der Waals surface area contributed by atoms with Gasteiger partial charge in [0.25, 0.3) is 0 Å². The summed E-state index contributed by atoms with van der Waals surface area (Å²) in [6.45, 7) is 8.82. The van der Waals surface area contributed by atoms with Gasteiger partial charge in [0.2, 0.25) is 11.8 Å². The number of hydrogen-bond donors (Lipinski definition) is 2. The molecule has 0 saturated heterocycles. The number of amides is 2. The monoisotopic (exact) mass is 391 g/mol. The van der Waals surface area contributed by atoms with Crippen molar-refractivity contribution in [1.82, 2.24) is 15.7 Å². The molecule has 6 nitrogen and oxygen atoms in total. The van der Waals surface area contributed by atoms with Gasteiger partial charge in [0.15, 0.2) is 0 Å². The lowest BCUT2D eigenvalue weighted by atomic mass is 9.85. The normalized spacial score (nSPS) is 13.6. The molecule has 1 aromatic rings. The molecule has 2 N–H and O–H groups in total. The summed E-state index contributed by atoms with van der Waals surface area (Å²) in [5, 5.41) is 2.98. The van der Waals surface area contributed by atoms with Gasteiger partial charge in [-0.05, 0) is 17.4 Å². The Labute approximate surface area is 170 Å². The Kier molecular flexibility index (Phi) is 10.2. The second kappa shape index (κ2) is 11.8. The number of carbonyl (C=O) groups excluding carboxylic acids is 2. The molecule has 0 aromatic heterocycles. The number of unbranched alkanes of at least 4 members (excludes halogenated alkanes) is 1. The van der Waals surface area contributed by atoms with Crippen molar-refractivity contribution in [2.24, 2.45) is 11.3 Å². The first-order chi connectivity index (χ1) is 13.2. The number of hydrogen-bond acceptors (Lipinski definition) is 4. The van der Waals surface area contributed by atoms with Crippen LogP contribution in [0.3, 0.4) is 0 Å². The van der Waals surface area contributed by atoms with E-state index in [9.17, 15) is 9.59 Å². The molecule has 0 aliphatic rings. The Hall–Kier alpha value is -1.92. The van der Waals surface area contributed by atoms with E-state index in [-0.39, 0.29) is 23.1 Å². The summed E-state index contributed by atoms with van der Waals surface area (Å²) in [5.41, 5.74) is 3.62. The average molecular weight is 392 g/mol. The molecule has 2 atom stereocenters. The van der Waals surface area contributed by atoms with Crippen LogP contribution in [0.5, 0.6) is 0 Å². The molecule has 2 amide bonds. The fourth-order valence-corrected chi connectivity index (χ4v) is 2.81. The van der Waals surface area contributed by atoms with Crippen LogP contribution in [0.15, 0.2) is 30.3 Å². The van der Waals surface area contributed by atoms with Crippen molar-refractivity contribution in [3.05, 3.63) is 35.9 Å². The SMILES string of the molecule is CCCCC(CNOCc1ccccc1)C(=O)N[C@H](C(=O)N(C)C)C(C)(C)C. The van der Waals surface area contributed by atoms with E-state index >= 15 is 0 Å². The third-order valence-corrected chi connectivity index (χ3v) is 4.63. The maximum atomic E-state index is 12.9. The summed E-state index contributed by atoms with van der Waals surface area (Å²) in [4.78, 5) is 32.5. The molecular weight excluding hydrogens is 354 g/mol. The molecule has 0 fully saturated rings. The molecule has 6 heteroatoms. The van der Waals surface area contributed by atoms with E-state index in [2.05, 4.69) is 17.7 Å². The Balaban J connectivity index is 2.67. The highest BCUT2D eigenvalue weighted by Crippen LogP contribution is 2.21. The van der Waals surface area contributed by atoms with Gasteiger partial charge in [-0.1, -0.05) is 70.9 Å². The number of likely N-dealkylation sites (N-methyl/N-ethyl adjacent to an activating group) is 1. The highest BCUT2D eigenvalue weighted by molar-refractivity contribution is 5.89. The fraction of sp³-hybridized carbons (Fsp3) is 0.636. The van der Waals surface area contributed by atoms with Crippen LogP contribution < -0.4 is 10.8 Å². The summed E-state index contributed by atoms with van der Waals surface area (Å²) in [6.07, 6.45) is 2.70. The summed E-state index contributed by atoms with van der Waals surface area (Å²) >= 11 is 0. The zero-order valence-electron chi connectivity index (χ0n) is 18.2. The van der Waals surface area contributed by atoms with Crippen molar-refractivity contribution in [1.29, 1.82) is 0 Å². The standard InChI is InChI=1S/C22H37N3O3/c1-7-8-14-18(15-23-28-16-17-12-10-9-11-13-17)20(26)24-19(22(2,3)4)21(27)25(5)6/h9-13,18-19,23H,7-8,14-16H2,1-6H3,(H,24,26)/t18?,19-/m1/s1. The minimum Gasteiger partial charge on any atom is -0.347 e. The Bertz CT molecular complexity index is 597. The van der Waals surface area contributed by atoms with E-state index in [0.717, 1.165) is 24.8 Å². The predicted molar refractivity (Wildman–Crippen MR) is 112 cm³/mol. The first kappa shape index (κ1) is 24.1. The third kappa shape index (κ3) is 8.40. The van der Waals surface area contributed by atoms with Gasteiger partial charge >= 0.3 is 0 Å². The Morgan fingerprint density at radius 2 is 1.79 bits per heavy atom. The summed E-state index contributed by atoms with van der Waals surface area (Å²) in [5.74, 6) is -0.460. The van der Waals surface area contributed by atoms with E-state index in [1.54, 1.807) is 14.1 Å². The van der Waals surface area contributed by atoms with E-state index in [1.165, 1.54) is 4.90 Å². The van der Waals surface area contributed by atoms with Crippen LogP contribution >= 0.6 is 0 Å². The lowest BCUT2D eigenvalue weighted by molar-refractivity contribution is -0.139. The van der Waals surface area contributed by atoms with Crippen molar-refractivity contribution in [3.8, 4) is 0 Å². The second-order valence-corrected chi connectivity index (χ2v) is 8.50. The molecule has 1 aromatic carbocycles. The van der Waals surface area contributed by atoms with Gasteiger partial charge in [-0.2, -0.15) is 0 Å². The lowest BCUT2D eigenvalue weighted by Gasteiger charge is -2.33. The minimum absolute atomic E-state index is 0.0941. The Morgan fingerprint density at radius 3 is 2.32 bits per heavy atom. The topological polar surface area (TPSA) is 70.7 Å². The fourth-order valence-electron chi connectivity index (χ4n) is 2.81. The Morgan fingerprint density at radius 1 is 1.14 bits per heavy atom. The zero-order chi connectivity index (χ0) is 21.2. The van der Waals surface area contributed by atoms with Gasteiger partial charge in [0.1, 0.15) is 6.04 Å². The van der Waals surface area contributed by atoms with Crippen LogP contribution in [0.4, 0.5) is 0 Å². The van der Waals surface area contributed by atoms with Gasteiger partial charge < -0.3 is 10.2 Å². The van der Waals surface area contributed by atoms with Crippen LogP contribution in [0, 0.1) is 11.3 Å². The molecule has 0 radical (unpaired) electrons. The second-order valence-electron chi connectivity index (χ2n) is 8.50. The molecule has 0 spiro atoms. The molecule has 28 heavy (non-hydrogen) atoms. The summed E-state index contributed by atoms with van der Waals surface area (Å²) in [6, 6.07) is 9.30. The van der Waals surface area contributed by atoms with Crippen molar-refractivity contribution >= 4 is 11.8 Å². The largest absolute Gasteiger partial charge is 0.347 e. The van der Waals surface area contributed by atoms with E-state index < -0.39 is 6.04 Å². The van der Waals surface area contributed by atoms with E-state index in [0.29, 0.717) is 13.2 Å².